The number of hydrogen-bond acceptors (Lipinski definition) is 9. The lowest BCUT2D eigenvalue weighted by Gasteiger charge is -2.21. The highest BCUT2D eigenvalue weighted by Crippen LogP contribution is 2.25. The normalized spacial score (nSPS) is 10.4. The molecule has 0 aliphatic rings. The smallest absolute Gasteiger partial charge is 0.415 e. The van der Waals surface area contributed by atoms with Crippen LogP contribution in [0.1, 0.15) is 103 Å². The van der Waals surface area contributed by atoms with E-state index >= 15 is 0 Å². The van der Waals surface area contributed by atoms with E-state index in [0.29, 0.717) is 63.1 Å². The summed E-state index contributed by atoms with van der Waals surface area (Å²) in [5, 5.41) is 13.7. The summed E-state index contributed by atoms with van der Waals surface area (Å²) >= 11 is 10.5. The van der Waals surface area contributed by atoms with Crippen LogP contribution in [0.4, 0.5) is 26.2 Å². The number of ether oxygens (including phenoxy) is 3. The molecule has 0 atom stereocenters. The number of nitrogens with zero attached hydrogens (tertiary/aromatic N) is 3. The Morgan fingerprint density at radius 1 is 0.439 bits per heavy atom. The highest BCUT2D eigenvalue weighted by molar-refractivity contribution is 7.80. The second kappa shape index (κ2) is 32.5. The van der Waals surface area contributed by atoms with Gasteiger partial charge >= 0.3 is 6.09 Å². The van der Waals surface area contributed by atoms with Crippen LogP contribution in [0.15, 0.2) is 182 Å². The summed E-state index contributed by atoms with van der Waals surface area (Å²) in [6, 6.07) is 53.6. The molecule has 0 radical (unpaired) electrons. The lowest BCUT2D eigenvalue weighted by Crippen LogP contribution is -2.35. The number of anilines is 3. The second-order valence-electron chi connectivity index (χ2n) is 18.7. The van der Waals surface area contributed by atoms with Gasteiger partial charge in [-0.2, -0.15) is 0 Å². The van der Waals surface area contributed by atoms with Crippen molar-refractivity contribution in [3.05, 3.63) is 204 Å². The van der Waals surface area contributed by atoms with Crippen molar-refractivity contribution in [3.63, 3.8) is 0 Å². The zero-order chi connectivity index (χ0) is 58.8. The van der Waals surface area contributed by atoms with Crippen molar-refractivity contribution in [1.82, 2.24) is 14.7 Å². The minimum absolute atomic E-state index is 0. The molecule has 8 aromatic carbocycles. The molecule has 432 valence electrons. The SMILES string of the molecule is CCCCN(CCCC)C(=O)Oc1ccc(C(=O)Nc2cccc3ccccc23)cc1.CCN(CC)C(=S)Oc1ccc(C(=O)Nc2ccc(F)cc2)cc1.CCN(CC)C(=S)Oc1ccc(C(=O)Nc2ccc3ccccc3c2)cc1.[HH].[HH].[HH]. The maximum Gasteiger partial charge on any atom is 0.415 e. The van der Waals surface area contributed by atoms with E-state index < -0.39 is 0 Å². The van der Waals surface area contributed by atoms with Crippen LogP contribution in [0.3, 0.4) is 0 Å². The number of amides is 4. The zero-order valence-corrected chi connectivity index (χ0v) is 48.9. The van der Waals surface area contributed by atoms with E-state index in [4.69, 9.17) is 38.6 Å². The summed E-state index contributed by atoms with van der Waals surface area (Å²) in [7, 11) is 0. The lowest BCUT2D eigenvalue weighted by atomic mass is 10.1. The summed E-state index contributed by atoms with van der Waals surface area (Å²) < 4.78 is 29.7. The third-order valence-corrected chi connectivity index (χ3v) is 13.7. The summed E-state index contributed by atoms with van der Waals surface area (Å²) in [6.45, 7) is 16.8. The minimum atomic E-state index is -0.348. The van der Waals surface area contributed by atoms with Gasteiger partial charge in [-0.1, -0.05) is 93.4 Å². The van der Waals surface area contributed by atoms with Crippen LogP contribution in [0.25, 0.3) is 21.5 Å². The van der Waals surface area contributed by atoms with Crippen LogP contribution in [0.5, 0.6) is 17.2 Å². The van der Waals surface area contributed by atoms with E-state index in [1.165, 1.54) is 24.3 Å². The van der Waals surface area contributed by atoms with Gasteiger partial charge in [-0.25, -0.2) is 9.18 Å². The Morgan fingerprint density at radius 2 is 0.854 bits per heavy atom. The first-order chi connectivity index (χ1) is 39.7. The molecular weight excluding hydrogens is 1070 g/mol. The average molecular weight is 1150 g/mol. The van der Waals surface area contributed by atoms with Gasteiger partial charge in [-0.05, 0) is 196 Å². The first-order valence-electron chi connectivity index (χ1n) is 27.6. The van der Waals surface area contributed by atoms with Crippen LogP contribution >= 0.6 is 24.4 Å². The zero-order valence-electron chi connectivity index (χ0n) is 47.3. The Kier molecular flexibility index (Phi) is 24.8. The number of fused-ring (bicyclic) bond motifs is 2. The molecule has 13 nitrogen and oxygen atoms in total. The fourth-order valence-corrected chi connectivity index (χ4v) is 8.92. The first kappa shape index (κ1) is 62.5. The Balaban J connectivity index is 0.000000331. The highest BCUT2D eigenvalue weighted by atomic mass is 32.1. The first-order valence-corrected chi connectivity index (χ1v) is 28.4. The van der Waals surface area contributed by atoms with Gasteiger partial charge in [-0.3, -0.25) is 14.4 Å². The summed E-state index contributed by atoms with van der Waals surface area (Å²) in [5.41, 5.74) is 3.60. The molecule has 0 unspecified atom stereocenters. The van der Waals surface area contributed by atoms with E-state index in [1.807, 2.05) is 122 Å². The van der Waals surface area contributed by atoms with Gasteiger partial charge in [-0.15, -0.1) is 0 Å². The largest absolute Gasteiger partial charge is 0.432 e. The van der Waals surface area contributed by atoms with Crippen LogP contribution < -0.4 is 30.2 Å². The Morgan fingerprint density at radius 3 is 1.34 bits per heavy atom. The average Bonchev–Trinajstić information content (AvgIpc) is 3.70. The Bertz CT molecular complexity index is 3380. The third-order valence-electron chi connectivity index (χ3n) is 13.0. The number of nitrogens with one attached hydrogen (secondary N) is 3. The molecule has 8 rings (SSSR count). The fraction of sp³-hybridized carbons (Fsp3) is 0.242. The second-order valence-corrected chi connectivity index (χ2v) is 19.4. The molecule has 0 saturated heterocycles. The van der Waals surface area contributed by atoms with E-state index in [0.717, 1.165) is 84.8 Å². The molecule has 0 aliphatic heterocycles. The van der Waals surface area contributed by atoms with Gasteiger partial charge < -0.3 is 44.9 Å². The molecule has 8 aromatic rings. The number of halogens is 1. The third kappa shape index (κ3) is 19.0. The number of benzene rings is 8. The highest BCUT2D eigenvalue weighted by Gasteiger charge is 2.17. The predicted octanol–water partition coefficient (Wildman–Crippen LogP) is 16.4. The molecule has 0 saturated carbocycles. The predicted molar refractivity (Wildman–Crippen MR) is 344 cm³/mol. The molecule has 0 spiro atoms. The summed E-state index contributed by atoms with van der Waals surface area (Å²) in [6.07, 6.45) is 3.61. The molecule has 82 heavy (non-hydrogen) atoms. The molecule has 0 aromatic heterocycles. The van der Waals surface area contributed by atoms with Crippen molar-refractivity contribution >= 4 is 97.2 Å². The number of thiocarbonyl (C=S) groups is 2. The van der Waals surface area contributed by atoms with Crippen LogP contribution in [-0.4, -0.2) is 88.1 Å². The number of rotatable bonds is 19. The van der Waals surface area contributed by atoms with Crippen molar-refractivity contribution in [2.24, 2.45) is 0 Å². The quantitative estimate of drug-likeness (QED) is 0.0666. The number of unbranched alkanes of at least 4 members (excludes halogenated alkanes) is 2. The van der Waals surface area contributed by atoms with E-state index in [1.54, 1.807) is 77.7 Å². The number of carbonyl (C=O) groups is 4. The van der Waals surface area contributed by atoms with Gasteiger partial charge in [0.15, 0.2) is 0 Å². The molecule has 0 aliphatic carbocycles. The minimum Gasteiger partial charge on any atom is -0.432 e. The lowest BCUT2D eigenvalue weighted by molar-refractivity contribution is 0.101. The van der Waals surface area contributed by atoms with E-state index in [9.17, 15) is 23.6 Å². The molecule has 0 fully saturated rings. The van der Waals surface area contributed by atoms with Crippen molar-refractivity contribution in [2.45, 2.75) is 67.2 Å². The van der Waals surface area contributed by atoms with Crippen LogP contribution in [-0.2, 0) is 0 Å². The molecule has 4 amide bonds. The fourth-order valence-electron chi connectivity index (χ4n) is 8.21. The van der Waals surface area contributed by atoms with Gasteiger partial charge in [0.05, 0.1) is 0 Å². The van der Waals surface area contributed by atoms with Crippen molar-refractivity contribution in [2.75, 3.05) is 55.2 Å². The van der Waals surface area contributed by atoms with Crippen molar-refractivity contribution in [3.8, 4) is 17.2 Å². The number of hydrogen-bond donors (Lipinski definition) is 3. The Hall–Kier alpha value is -8.73. The van der Waals surface area contributed by atoms with Crippen molar-refractivity contribution in [1.29, 1.82) is 0 Å². The maximum atomic E-state index is 12.9. The molecular formula is C66H77FN6O7S2. The Labute approximate surface area is 495 Å². The molecule has 0 heterocycles. The topological polar surface area (TPSA) is 142 Å². The number of carbonyl (C=O) groups excluding carboxylic acids is 4. The molecule has 3 N–H and O–H groups in total. The van der Waals surface area contributed by atoms with Gasteiger partial charge in [0.1, 0.15) is 23.1 Å². The molecule has 16 heteroatoms. The van der Waals surface area contributed by atoms with Gasteiger partial charge in [0, 0.05) is 82.7 Å². The summed E-state index contributed by atoms with van der Waals surface area (Å²) in [5.74, 6) is 0.632. The maximum absolute atomic E-state index is 12.9. The van der Waals surface area contributed by atoms with Gasteiger partial charge in [0.25, 0.3) is 28.1 Å². The van der Waals surface area contributed by atoms with E-state index in [2.05, 4.69) is 29.8 Å². The van der Waals surface area contributed by atoms with Crippen molar-refractivity contribution < 1.29 is 42.1 Å². The monoisotopic (exact) mass is 1150 g/mol. The van der Waals surface area contributed by atoms with Crippen LogP contribution in [0, 0.1) is 5.82 Å². The standard InChI is InChI=1S/C26H30N2O3.C22H22N2O2S.C18H19FN2O2S.3H2/c1-3-5-18-28(19-6-4-2)26(30)31-22-16-14-21(15-17-22)25(29)27-24-13-9-11-20-10-7-8-12-23(20)24;1-3-24(4-2)22(27)26-20-13-10-17(11-14-20)21(25)23-19-12-9-16-7-5-6-8-18(16)15-19;1-3-21(4-2)18(24)23-16-11-5-13(6-12-16)17(22)20-15-9-7-14(19)8-10-15;;;/h7-17H,3-6,18-19H2,1-2H3,(H,27,29);5-15H,3-4H2,1-2H3,(H,23,25);5-12H,3-4H2,1-2H3,(H,20,22);3*1H. The molecule has 0 bridgehead atoms. The summed E-state index contributed by atoms with van der Waals surface area (Å²) in [4.78, 5) is 55.5. The van der Waals surface area contributed by atoms with E-state index in [-0.39, 0.29) is 33.9 Å². The van der Waals surface area contributed by atoms with Gasteiger partial charge in [0.2, 0.25) is 0 Å². The van der Waals surface area contributed by atoms with Crippen LogP contribution in [0.2, 0.25) is 0 Å².